The standard InChI is InChI=1S/C19H19N3OS/c1-13-10-14(2)12-16(11-13)22-9-8-21-19(22)24-17(18(20)23)15-6-4-3-5-7-15/h3-12,17H,1-2H3,(H2,20,23). The second kappa shape index (κ2) is 6.93. The first kappa shape index (κ1) is 16.3. The largest absolute Gasteiger partial charge is 0.368 e. The second-order valence-corrected chi connectivity index (χ2v) is 6.81. The second-order valence-electron chi connectivity index (χ2n) is 5.74. The molecule has 122 valence electrons. The molecule has 0 aliphatic heterocycles. The highest BCUT2D eigenvalue weighted by Crippen LogP contribution is 2.35. The minimum atomic E-state index is -0.474. The first-order valence-corrected chi connectivity index (χ1v) is 8.55. The maximum Gasteiger partial charge on any atom is 0.235 e. The van der Waals surface area contributed by atoms with Crippen LogP contribution in [-0.4, -0.2) is 15.5 Å². The zero-order valence-electron chi connectivity index (χ0n) is 13.6. The number of carbonyl (C=O) groups is 1. The van der Waals surface area contributed by atoms with E-state index in [-0.39, 0.29) is 5.91 Å². The molecular weight excluding hydrogens is 318 g/mol. The quantitative estimate of drug-likeness (QED) is 0.720. The summed E-state index contributed by atoms with van der Waals surface area (Å²) < 4.78 is 1.99. The maximum atomic E-state index is 11.9. The third-order valence-corrected chi connectivity index (χ3v) is 4.93. The van der Waals surface area contributed by atoms with E-state index in [1.807, 2.05) is 41.1 Å². The molecule has 1 aromatic heterocycles. The van der Waals surface area contributed by atoms with Gasteiger partial charge in [0, 0.05) is 18.1 Å². The summed E-state index contributed by atoms with van der Waals surface area (Å²) in [5.41, 5.74) is 9.91. The number of carbonyl (C=O) groups excluding carboxylic acids is 1. The number of hydrogen-bond acceptors (Lipinski definition) is 3. The lowest BCUT2D eigenvalue weighted by Crippen LogP contribution is -2.19. The van der Waals surface area contributed by atoms with Crippen LogP contribution in [0.25, 0.3) is 5.69 Å². The lowest BCUT2D eigenvalue weighted by Gasteiger charge is -2.15. The number of aryl methyl sites for hydroxylation is 2. The molecule has 5 heteroatoms. The van der Waals surface area contributed by atoms with Crippen LogP contribution in [0.4, 0.5) is 0 Å². The Hall–Kier alpha value is -2.53. The lowest BCUT2D eigenvalue weighted by atomic mass is 10.1. The summed E-state index contributed by atoms with van der Waals surface area (Å²) in [6.07, 6.45) is 3.64. The molecule has 2 aromatic carbocycles. The van der Waals surface area contributed by atoms with Crippen molar-refractivity contribution in [3.63, 3.8) is 0 Å². The van der Waals surface area contributed by atoms with E-state index in [4.69, 9.17) is 5.73 Å². The normalized spacial score (nSPS) is 12.1. The number of amides is 1. The molecule has 1 unspecified atom stereocenters. The Bertz CT molecular complexity index is 838. The first-order valence-electron chi connectivity index (χ1n) is 7.67. The average molecular weight is 337 g/mol. The van der Waals surface area contributed by atoms with Gasteiger partial charge in [-0.15, -0.1) is 0 Å². The Kier molecular flexibility index (Phi) is 4.71. The molecule has 0 bridgehead atoms. The third kappa shape index (κ3) is 3.51. The Balaban J connectivity index is 1.96. The molecule has 0 saturated carbocycles. The summed E-state index contributed by atoms with van der Waals surface area (Å²) >= 11 is 1.37. The first-order chi connectivity index (χ1) is 11.5. The number of rotatable bonds is 5. The van der Waals surface area contributed by atoms with Crippen LogP contribution in [0, 0.1) is 13.8 Å². The Morgan fingerprint density at radius 1 is 1.12 bits per heavy atom. The van der Waals surface area contributed by atoms with Crippen molar-refractivity contribution in [1.82, 2.24) is 9.55 Å². The molecule has 24 heavy (non-hydrogen) atoms. The van der Waals surface area contributed by atoms with Gasteiger partial charge in [-0.1, -0.05) is 48.2 Å². The van der Waals surface area contributed by atoms with Gasteiger partial charge in [-0.05, 0) is 42.7 Å². The van der Waals surface area contributed by atoms with Crippen molar-refractivity contribution in [2.24, 2.45) is 5.73 Å². The van der Waals surface area contributed by atoms with Crippen LogP contribution in [0.1, 0.15) is 21.9 Å². The molecule has 0 fully saturated rings. The van der Waals surface area contributed by atoms with Gasteiger partial charge in [-0.25, -0.2) is 4.98 Å². The predicted octanol–water partition coefficient (Wildman–Crippen LogP) is 3.81. The van der Waals surface area contributed by atoms with Crippen molar-refractivity contribution in [2.45, 2.75) is 24.3 Å². The fourth-order valence-electron chi connectivity index (χ4n) is 2.69. The summed E-state index contributed by atoms with van der Waals surface area (Å²) in [6, 6.07) is 15.9. The summed E-state index contributed by atoms with van der Waals surface area (Å²) in [4.78, 5) is 16.4. The van der Waals surface area contributed by atoms with Crippen LogP contribution in [0.3, 0.4) is 0 Å². The zero-order chi connectivity index (χ0) is 17.1. The summed E-state index contributed by atoms with van der Waals surface area (Å²) in [5.74, 6) is -0.374. The van der Waals surface area contributed by atoms with Crippen molar-refractivity contribution in [1.29, 1.82) is 0 Å². The van der Waals surface area contributed by atoms with Gasteiger partial charge in [0.2, 0.25) is 5.91 Å². The van der Waals surface area contributed by atoms with E-state index in [0.29, 0.717) is 0 Å². The number of imidazole rings is 1. The van der Waals surface area contributed by atoms with Gasteiger partial charge in [-0.3, -0.25) is 9.36 Å². The van der Waals surface area contributed by atoms with Gasteiger partial charge in [0.25, 0.3) is 0 Å². The monoisotopic (exact) mass is 337 g/mol. The zero-order valence-corrected chi connectivity index (χ0v) is 14.5. The van der Waals surface area contributed by atoms with Gasteiger partial charge in [-0.2, -0.15) is 0 Å². The maximum absolute atomic E-state index is 11.9. The average Bonchev–Trinajstić information content (AvgIpc) is 3.00. The lowest BCUT2D eigenvalue weighted by molar-refractivity contribution is -0.117. The SMILES string of the molecule is Cc1cc(C)cc(-n2ccnc2SC(C(N)=O)c2ccccc2)c1. The van der Waals surface area contributed by atoms with Gasteiger partial charge in [0.1, 0.15) is 5.25 Å². The van der Waals surface area contributed by atoms with E-state index < -0.39 is 5.25 Å². The molecule has 2 N–H and O–H groups in total. The molecule has 0 spiro atoms. The molecule has 1 atom stereocenters. The van der Waals surface area contributed by atoms with Crippen LogP contribution in [0.5, 0.6) is 0 Å². The molecule has 1 heterocycles. The smallest absolute Gasteiger partial charge is 0.235 e. The number of hydrogen-bond donors (Lipinski definition) is 1. The minimum Gasteiger partial charge on any atom is -0.368 e. The van der Waals surface area contributed by atoms with Crippen LogP contribution in [-0.2, 0) is 4.79 Å². The van der Waals surface area contributed by atoms with Crippen molar-refractivity contribution in [3.8, 4) is 5.69 Å². The third-order valence-electron chi connectivity index (χ3n) is 3.68. The van der Waals surface area contributed by atoms with Crippen LogP contribution in [0.15, 0.2) is 66.1 Å². The fourth-order valence-corrected chi connectivity index (χ4v) is 3.71. The van der Waals surface area contributed by atoms with Crippen LogP contribution < -0.4 is 5.73 Å². The number of nitrogens with zero attached hydrogens (tertiary/aromatic N) is 2. The van der Waals surface area contributed by atoms with Crippen molar-refractivity contribution >= 4 is 17.7 Å². The number of nitrogens with two attached hydrogens (primary N) is 1. The van der Waals surface area contributed by atoms with E-state index in [1.54, 1.807) is 6.20 Å². The van der Waals surface area contributed by atoms with Crippen molar-refractivity contribution in [3.05, 3.63) is 77.6 Å². The van der Waals surface area contributed by atoms with Crippen molar-refractivity contribution in [2.75, 3.05) is 0 Å². The molecule has 0 aliphatic carbocycles. The van der Waals surface area contributed by atoms with E-state index in [0.717, 1.165) is 16.4 Å². The fraction of sp³-hybridized carbons (Fsp3) is 0.158. The summed E-state index contributed by atoms with van der Waals surface area (Å²) in [6.45, 7) is 4.13. The summed E-state index contributed by atoms with van der Waals surface area (Å²) in [7, 11) is 0. The molecule has 0 radical (unpaired) electrons. The predicted molar refractivity (Wildman–Crippen MR) is 97.3 cm³/mol. The molecule has 3 rings (SSSR count). The van der Waals surface area contributed by atoms with Crippen LogP contribution in [0.2, 0.25) is 0 Å². The van der Waals surface area contributed by atoms with E-state index in [2.05, 4.69) is 37.0 Å². The number of benzene rings is 2. The Morgan fingerprint density at radius 3 is 2.42 bits per heavy atom. The number of thioether (sulfide) groups is 1. The van der Waals surface area contributed by atoms with Gasteiger partial charge >= 0.3 is 0 Å². The Morgan fingerprint density at radius 2 is 1.79 bits per heavy atom. The Labute approximate surface area is 145 Å². The van der Waals surface area contributed by atoms with Gasteiger partial charge < -0.3 is 5.73 Å². The van der Waals surface area contributed by atoms with E-state index in [9.17, 15) is 4.79 Å². The van der Waals surface area contributed by atoms with Gasteiger partial charge in [0.15, 0.2) is 5.16 Å². The van der Waals surface area contributed by atoms with Crippen LogP contribution >= 0.6 is 11.8 Å². The number of primary amides is 1. The highest BCUT2D eigenvalue weighted by Gasteiger charge is 2.22. The minimum absolute atomic E-state index is 0.374. The topological polar surface area (TPSA) is 60.9 Å². The van der Waals surface area contributed by atoms with E-state index >= 15 is 0 Å². The molecule has 4 nitrogen and oxygen atoms in total. The highest BCUT2D eigenvalue weighted by atomic mass is 32.2. The molecule has 3 aromatic rings. The highest BCUT2D eigenvalue weighted by molar-refractivity contribution is 8.00. The molecule has 0 saturated heterocycles. The van der Waals surface area contributed by atoms with Crippen molar-refractivity contribution < 1.29 is 4.79 Å². The summed E-state index contributed by atoms with van der Waals surface area (Å²) in [5, 5.41) is 0.269. The van der Waals surface area contributed by atoms with E-state index in [1.165, 1.54) is 22.9 Å². The molecule has 1 amide bonds. The number of aromatic nitrogens is 2. The van der Waals surface area contributed by atoms with Gasteiger partial charge in [0.05, 0.1) is 0 Å². The molecule has 0 aliphatic rings. The molecular formula is C19H19N3OS.